The third kappa shape index (κ3) is 2.89. The Labute approximate surface area is 184 Å². The normalized spacial score (nSPS) is 22.1. The number of anilines is 2. The minimum atomic E-state index is -0.299. The molecule has 3 N–H and O–H groups in total. The third-order valence-corrected chi connectivity index (χ3v) is 6.77. The zero-order chi connectivity index (χ0) is 22.0. The SMILES string of the molecule is CNc1cc(F)cc2c1Cc1nc(Oc3cccc(C#N)c3)nc(N3CC4C(N)C4C3)c1-2. The maximum Gasteiger partial charge on any atom is 0.324 e. The maximum absolute atomic E-state index is 14.4. The number of aromatic nitrogens is 2. The molecule has 1 aliphatic heterocycles. The van der Waals surface area contributed by atoms with Crippen molar-refractivity contribution < 1.29 is 9.13 Å². The fraction of sp³-hybridized carbons (Fsp3) is 0.292. The highest BCUT2D eigenvalue weighted by Gasteiger charge is 2.54. The van der Waals surface area contributed by atoms with Crippen LogP contribution in [0.5, 0.6) is 11.8 Å². The summed E-state index contributed by atoms with van der Waals surface area (Å²) in [5.41, 5.74) is 10.9. The van der Waals surface area contributed by atoms with Gasteiger partial charge in [0.15, 0.2) is 0 Å². The van der Waals surface area contributed by atoms with E-state index in [1.54, 1.807) is 37.4 Å². The second-order valence-electron chi connectivity index (χ2n) is 8.61. The number of nitriles is 1. The molecule has 0 spiro atoms. The van der Waals surface area contributed by atoms with Gasteiger partial charge in [0.05, 0.1) is 17.3 Å². The number of nitrogens with one attached hydrogen (secondary N) is 1. The van der Waals surface area contributed by atoms with Gasteiger partial charge in [0.1, 0.15) is 17.4 Å². The van der Waals surface area contributed by atoms with Crippen molar-refractivity contribution in [1.82, 2.24) is 9.97 Å². The molecule has 160 valence electrons. The lowest BCUT2D eigenvalue weighted by atomic mass is 10.0. The van der Waals surface area contributed by atoms with Crippen LogP contribution in [-0.2, 0) is 6.42 Å². The van der Waals surface area contributed by atoms with Crippen molar-refractivity contribution in [3.63, 3.8) is 0 Å². The molecule has 1 saturated carbocycles. The summed E-state index contributed by atoms with van der Waals surface area (Å²) in [7, 11) is 1.79. The van der Waals surface area contributed by atoms with Crippen LogP contribution < -0.4 is 20.7 Å². The molecule has 8 heteroatoms. The van der Waals surface area contributed by atoms with Crippen molar-refractivity contribution in [2.24, 2.45) is 17.6 Å². The summed E-state index contributed by atoms with van der Waals surface area (Å²) < 4.78 is 20.4. The van der Waals surface area contributed by atoms with Gasteiger partial charge in [-0.2, -0.15) is 15.2 Å². The first-order chi connectivity index (χ1) is 15.6. The number of piperidine rings is 1. The van der Waals surface area contributed by atoms with Gasteiger partial charge in [-0.3, -0.25) is 0 Å². The first kappa shape index (κ1) is 19.0. The Balaban J connectivity index is 1.46. The number of nitrogens with two attached hydrogens (primary N) is 1. The summed E-state index contributed by atoms with van der Waals surface area (Å²) >= 11 is 0. The minimum Gasteiger partial charge on any atom is -0.424 e. The Morgan fingerprint density at radius 3 is 2.78 bits per heavy atom. The molecule has 0 amide bonds. The number of ether oxygens (including phenoxy) is 1. The van der Waals surface area contributed by atoms with Crippen LogP contribution in [0.15, 0.2) is 36.4 Å². The first-order valence-electron chi connectivity index (χ1n) is 10.7. The number of hydrogen-bond donors (Lipinski definition) is 2. The summed E-state index contributed by atoms with van der Waals surface area (Å²) in [5.74, 6) is 1.90. The molecule has 2 heterocycles. The number of hydrogen-bond acceptors (Lipinski definition) is 7. The summed E-state index contributed by atoms with van der Waals surface area (Å²) in [6, 6.07) is 12.6. The fourth-order valence-electron chi connectivity index (χ4n) is 5.07. The Bertz CT molecular complexity index is 1290. The molecule has 2 aromatic carbocycles. The first-order valence-corrected chi connectivity index (χ1v) is 10.7. The monoisotopic (exact) mass is 428 g/mol. The van der Waals surface area contributed by atoms with E-state index in [2.05, 4.69) is 21.3 Å². The van der Waals surface area contributed by atoms with Crippen LogP contribution in [0.4, 0.5) is 15.9 Å². The van der Waals surface area contributed by atoms with Gasteiger partial charge in [0.2, 0.25) is 0 Å². The predicted octanol–water partition coefficient (Wildman–Crippen LogP) is 3.29. The van der Waals surface area contributed by atoms with Crippen molar-refractivity contribution in [3.05, 3.63) is 59.0 Å². The predicted molar refractivity (Wildman–Crippen MR) is 118 cm³/mol. The van der Waals surface area contributed by atoms with Gasteiger partial charge in [-0.05, 0) is 53.3 Å². The van der Waals surface area contributed by atoms with E-state index in [-0.39, 0.29) is 17.9 Å². The van der Waals surface area contributed by atoms with E-state index >= 15 is 0 Å². The molecule has 3 aromatic rings. The van der Waals surface area contributed by atoms with Gasteiger partial charge >= 0.3 is 6.01 Å². The number of rotatable bonds is 4. The van der Waals surface area contributed by atoms with E-state index in [0.717, 1.165) is 47.0 Å². The van der Waals surface area contributed by atoms with E-state index in [0.29, 0.717) is 29.6 Å². The number of benzene rings is 2. The highest BCUT2D eigenvalue weighted by molar-refractivity contribution is 5.88. The number of halogens is 1. The molecule has 1 saturated heterocycles. The summed E-state index contributed by atoms with van der Waals surface area (Å²) in [6.45, 7) is 1.64. The lowest BCUT2D eigenvalue weighted by Crippen LogP contribution is -2.29. The van der Waals surface area contributed by atoms with Crippen LogP contribution in [0, 0.1) is 29.0 Å². The molecule has 2 fully saturated rings. The molecule has 0 bridgehead atoms. The zero-order valence-electron chi connectivity index (χ0n) is 17.5. The van der Waals surface area contributed by atoms with Gasteiger partial charge in [0.25, 0.3) is 0 Å². The van der Waals surface area contributed by atoms with E-state index in [4.69, 9.17) is 15.5 Å². The topological polar surface area (TPSA) is 100 Å². The summed E-state index contributed by atoms with van der Waals surface area (Å²) in [5, 5.41) is 12.3. The minimum absolute atomic E-state index is 0.220. The molecule has 6 rings (SSSR count). The van der Waals surface area contributed by atoms with E-state index < -0.39 is 0 Å². The van der Waals surface area contributed by atoms with E-state index in [9.17, 15) is 9.65 Å². The Hall–Kier alpha value is -3.70. The highest BCUT2D eigenvalue weighted by atomic mass is 19.1. The largest absolute Gasteiger partial charge is 0.424 e. The van der Waals surface area contributed by atoms with Crippen LogP contribution in [0.2, 0.25) is 0 Å². The van der Waals surface area contributed by atoms with Gasteiger partial charge in [-0.1, -0.05) is 6.07 Å². The van der Waals surface area contributed by atoms with Crippen molar-refractivity contribution in [2.45, 2.75) is 12.5 Å². The Morgan fingerprint density at radius 1 is 1.22 bits per heavy atom. The average Bonchev–Trinajstić information content (AvgIpc) is 3.13. The quantitative estimate of drug-likeness (QED) is 0.514. The molecule has 0 radical (unpaired) electrons. The van der Waals surface area contributed by atoms with Crippen LogP contribution >= 0.6 is 0 Å². The summed E-state index contributed by atoms with van der Waals surface area (Å²) in [4.78, 5) is 11.7. The van der Waals surface area contributed by atoms with Crippen molar-refractivity contribution in [2.75, 3.05) is 30.4 Å². The molecule has 3 aliphatic rings. The molecular formula is C24H21FN6O. The molecule has 1 aromatic heterocycles. The van der Waals surface area contributed by atoms with Crippen LogP contribution in [0.3, 0.4) is 0 Å². The molecular weight excluding hydrogens is 407 g/mol. The molecule has 7 nitrogen and oxygen atoms in total. The van der Waals surface area contributed by atoms with E-state index in [1.807, 2.05) is 0 Å². The zero-order valence-corrected chi connectivity index (χ0v) is 17.5. The van der Waals surface area contributed by atoms with Crippen molar-refractivity contribution in [1.29, 1.82) is 5.26 Å². The van der Waals surface area contributed by atoms with Gasteiger partial charge in [-0.25, -0.2) is 4.39 Å². The van der Waals surface area contributed by atoms with E-state index in [1.165, 1.54) is 6.07 Å². The van der Waals surface area contributed by atoms with Crippen LogP contribution in [0.25, 0.3) is 11.1 Å². The van der Waals surface area contributed by atoms with Crippen LogP contribution in [-0.4, -0.2) is 36.1 Å². The number of fused-ring (bicyclic) bond motifs is 4. The van der Waals surface area contributed by atoms with Gasteiger partial charge in [-0.15, -0.1) is 0 Å². The standard InChI is InChI=1S/C24H21FN6O/c1-28-19-7-13(25)6-16-15(19)8-20-21(16)23(31-10-17-18(11-31)22(17)27)30-24(29-20)32-14-4-2-3-12(5-14)9-26/h2-7,17-18,22,28H,8,10-11,27H2,1H3. The lowest BCUT2D eigenvalue weighted by Gasteiger charge is -2.23. The Kier molecular flexibility index (Phi) is 4.10. The van der Waals surface area contributed by atoms with Gasteiger partial charge < -0.3 is 20.7 Å². The van der Waals surface area contributed by atoms with Crippen molar-refractivity contribution >= 4 is 11.5 Å². The molecule has 32 heavy (non-hydrogen) atoms. The Morgan fingerprint density at radius 2 is 2.03 bits per heavy atom. The highest BCUT2D eigenvalue weighted by Crippen LogP contribution is 2.50. The second-order valence-corrected chi connectivity index (χ2v) is 8.61. The van der Waals surface area contributed by atoms with Crippen LogP contribution in [0.1, 0.15) is 16.8 Å². The smallest absolute Gasteiger partial charge is 0.324 e. The van der Waals surface area contributed by atoms with Crippen molar-refractivity contribution in [3.8, 4) is 29.0 Å². The average molecular weight is 428 g/mol. The van der Waals surface area contributed by atoms with Gasteiger partial charge in [0, 0.05) is 43.9 Å². The third-order valence-electron chi connectivity index (χ3n) is 6.77. The molecule has 2 atom stereocenters. The number of nitrogens with zero attached hydrogens (tertiary/aromatic N) is 4. The fourth-order valence-corrected chi connectivity index (χ4v) is 5.07. The molecule has 2 unspecified atom stereocenters. The molecule has 2 aliphatic carbocycles. The summed E-state index contributed by atoms with van der Waals surface area (Å²) in [6.07, 6.45) is 0.561. The maximum atomic E-state index is 14.4. The second kappa shape index (κ2) is 6.90. The lowest BCUT2D eigenvalue weighted by molar-refractivity contribution is 0.440.